The van der Waals surface area contributed by atoms with Crippen molar-refractivity contribution >= 4 is 34.8 Å². The smallest absolute Gasteiger partial charge is 0.338 e. The molecule has 1 amide bonds. The van der Waals surface area contributed by atoms with E-state index in [1.165, 1.54) is 23.0 Å². The van der Waals surface area contributed by atoms with Crippen LogP contribution in [0.2, 0.25) is 0 Å². The van der Waals surface area contributed by atoms with Crippen molar-refractivity contribution < 1.29 is 65.7 Å². The Hall–Kier alpha value is -3.61. The number of esters is 2. The number of fused-ring (bicyclic) bond motifs is 1. The first-order valence-electron chi connectivity index (χ1n) is 12.1. The minimum absolute atomic E-state index is 0. The molecule has 1 fully saturated rings. The fourth-order valence-electron chi connectivity index (χ4n) is 4.08. The minimum Gasteiger partial charge on any atom is -0.459 e. The zero-order valence-electron chi connectivity index (χ0n) is 21.3. The fraction of sp³-hybridized carbons (Fsp3) is 0.259. The van der Waals surface area contributed by atoms with E-state index in [0.717, 1.165) is 0 Å². The average Bonchev–Trinajstić information content (AvgIpc) is 3.54. The Labute approximate surface area is 253 Å². The van der Waals surface area contributed by atoms with Crippen LogP contribution in [0.15, 0.2) is 67.0 Å². The molecular formula is C27H23FN5O6Y-. The molecule has 0 saturated carbocycles. The van der Waals surface area contributed by atoms with Crippen molar-refractivity contribution in [3.63, 3.8) is 0 Å². The summed E-state index contributed by atoms with van der Waals surface area (Å²) in [5.41, 5.74) is 0.860. The summed E-state index contributed by atoms with van der Waals surface area (Å²) in [5.74, 6) is -1.59. The van der Waals surface area contributed by atoms with Crippen molar-refractivity contribution in [1.82, 2.24) is 19.5 Å². The summed E-state index contributed by atoms with van der Waals surface area (Å²) in [4.78, 5) is 49.4. The van der Waals surface area contributed by atoms with Gasteiger partial charge in [-0.25, -0.2) is 14.0 Å². The number of carbonyl (C=O) groups excluding carboxylic acids is 3. The maximum Gasteiger partial charge on any atom is 0.338 e. The molecule has 1 unspecified atom stereocenters. The predicted molar refractivity (Wildman–Crippen MR) is 134 cm³/mol. The van der Waals surface area contributed by atoms with Crippen molar-refractivity contribution in [2.24, 2.45) is 0 Å². The van der Waals surface area contributed by atoms with E-state index in [9.17, 15) is 14.4 Å². The molecule has 3 heterocycles. The Morgan fingerprint density at radius 3 is 2.33 bits per heavy atom. The molecule has 1 radical (unpaired) electrons. The number of hydrogen-bond acceptors (Lipinski definition) is 9. The number of carbonyl (C=O) groups is 3. The number of imidazole rings is 1. The van der Waals surface area contributed by atoms with E-state index in [1.54, 1.807) is 55.5 Å². The summed E-state index contributed by atoms with van der Waals surface area (Å²) in [7, 11) is 0. The molecule has 1 aliphatic rings. The number of nitrogens with one attached hydrogen (secondary N) is 1. The molecule has 1 saturated heterocycles. The summed E-state index contributed by atoms with van der Waals surface area (Å²) in [5, 5.41) is 2.60. The minimum atomic E-state index is -1.89. The Morgan fingerprint density at radius 2 is 1.68 bits per heavy atom. The molecule has 0 spiro atoms. The molecule has 203 valence electrons. The molecule has 11 nitrogen and oxygen atoms in total. The van der Waals surface area contributed by atoms with Gasteiger partial charge >= 0.3 is 11.9 Å². The molecular weight excluding hydrogens is 598 g/mol. The maximum absolute atomic E-state index is 16.0. The fourth-order valence-corrected chi connectivity index (χ4v) is 4.08. The van der Waals surface area contributed by atoms with Crippen molar-refractivity contribution in [3.8, 4) is 0 Å². The third-order valence-corrected chi connectivity index (χ3v) is 6.07. The van der Waals surface area contributed by atoms with Crippen LogP contribution in [-0.4, -0.2) is 62.4 Å². The number of hydrogen-bond donors (Lipinski definition) is 1. The summed E-state index contributed by atoms with van der Waals surface area (Å²) < 4.78 is 34.1. The van der Waals surface area contributed by atoms with Crippen LogP contribution >= 0.6 is 0 Å². The molecule has 0 bridgehead atoms. The molecule has 4 aromatic rings. The van der Waals surface area contributed by atoms with E-state index in [0.29, 0.717) is 5.56 Å². The van der Waals surface area contributed by atoms with Gasteiger partial charge in [0.05, 0.1) is 23.1 Å². The number of ether oxygens (including phenoxy) is 3. The van der Waals surface area contributed by atoms with Crippen LogP contribution in [0.5, 0.6) is 0 Å². The normalized spacial score (nSPS) is 19.9. The second kappa shape index (κ2) is 13.2. The van der Waals surface area contributed by atoms with Crippen molar-refractivity contribution in [2.75, 3.05) is 11.9 Å². The number of benzene rings is 2. The van der Waals surface area contributed by atoms with Crippen molar-refractivity contribution in [2.45, 2.75) is 38.0 Å². The van der Waals surface area contributed by atoms with Crippen LogP contribution in [0.3, 0.4) is 0 Å². The average molecular weight is 621 g/mol. The Morgan fingerprint density at radius 1 is 1.02 bits per heavy atom. The van der Waals surface area contributed by atoms with Crippen LogP contribution in [-0.2, 0) is 51.7 Å². The van der Waals surface area contributed by atoms with Gasteiger partial charge in [0.2, 0.25) is 5.91 Å². The van der Waals surface area contributed by atoms with E-state index < -0.39 is 36.5 Å². The van der Waals surface area contributed by atoms with E-state index >= 15 is 4.39 Å². The first-order chi connectivity index (χ1) is 19.0. The van der Waals surface area contributed by atoms with E-state index in [4.69, 9.17) is 14.2 Å². The standard InChI is InChI=1S/C27H23FN5O6.Y/c1-2-19(34)32-23-21-24(30-14-29-23)33(15-31-21)25-20(28)22(39-27(36)17-11-7-4-8-12-17)18(38-25)13-37-26(35)16-9-5-3-6-10-16;/h3-12,15,18,20,22,25H,2,13H2,1H3,(H,29,30,32,34);/q-1;/t18-,20-,22?,25-;/m1./s1. The SMILES string of the molecule is CCC(=O)Nc1n[c-]nc2c1ncn2[C@@H]1O[C@H](COC(=O)c2ccccc2)C(OC(=O)c2ccccc2)[C@H]1F.[Y]. The molecule has 1 aliphatic heterocycles. The quantitative estimate of drug-likeness (QED) is 0.232. The van der Waals surface area contributed by atoms with Gasteiger partial charge in [-0.15, -0.1) is 0 Å². The summed E-state index contributed by atoms with van der Waals surface area (Å²) in [6.45, 7) is 1.29. The van der Waals surface area contributed by atoms with Gasteiger partial charge in [0.1, 0.15) is 12.7 Å². The topological polar surface area (TPSA) is 135 Å². The molecule has 2 aromatic carbocycles. The van der Waals surface area contributed by atoms with Gasteiger partial charge < -0.3 is 34.1 Å². The van der Waals surface area contributed by atoms with E-state index in [1.807, 2.05) is 0 Å². The van der Waals surface area contributed by atoms with Gasteiger partial charge in [0, 0.05) is 56.8 Å². The van der Waals surface area contributed by atoms with Gasteiger partial charge in [-0.1, -0.05) is 43.3 Å². The Kier molecular flexibility index (Phi) is 9.67. The predicted octanol–water partition coefficient (Wildman–Crippen LogP) is 3.29. The third-order valence-electron chi connectivity index (χ3n) is 6.07. The number of amides is 1. The van der Waals surface area contributed by atoms with Crippen LogP contribution in [0.4, 0.5) is 10.2 Å². The van der Waals surface area contributed by atoms with E-state index in [-0.39, 0.29) is 74.2 Å². The molecule has 13 heteroatoms. The number of aromatic nitrogens is 4. The molecule has 1 N–H and O–H groups in total. The van der Waals surface area contributed by atoms with Gasteiger partial charge in [0.15, 0.2) is 18.5 Å². The summed E-state index contributed by atoms with van der Waals surface area (Å²) >= 11 is 0. The maximum atomic E-state index is 16.0. The summed E-state index contributed by atoms with van der Waals surface area (Å²) in [6, 6.07) is 16.4. The number of nitrogens with zero attached hydrogens (tertiary/aromatic N) is 4. The van der Waals surface area contributed by atoms with Crippen LogP contribution in [0, 0.1) is 6.33 Å². The van der Waals surface area contributed by atoms with Gasteiger partial charge in [-0.05, 0) is 24.3 Å². The molecule has 0 aliphatic carbocycles. The summed E-state index contributed by atoms with van der Waals surface area (Å²) in [6.07, 6.45) is -1.89. The Bertz CT molecular complexity index is 1490. The zero-order valence-corrected chi connectivity index (χ0v) is 24.1. The number of rotatable bonds is 8. The number of halogens is 1. The van der Waals surface area contributed by atoms with Gasteiger partial charge in [-0.2, -0.15) is 0 Å². The monoisotopic (exact) mass is 621 g/mol. The molecule has 5 rings (SSSR count). The van der Waals surface area contributed by atoms with Crippen LogP contribution < -0.4 is 5.32 Å². The second-order valence-corrected chi connectivity index (χ2v) is 8.61. The first-order valence-corrected chi connectivity index (χ1v) is 12.1. The Balaban J connectivity index is 0.00000370. The third kappa shape index (κ3) is 6.24. The largest absolute Gasteiger partial charge is 0.459 e. The van der Waals surface area contributed by atoms with Crippen molar-refractivity contribution in [1.29, 1.82) is 0 Å². The van der Waals surface area contributed by atoms with Crippen LogP contribution in [0.1, 0.15) is 40.3 Å². The first kappa shape index (κ1) is 29.4. The molecule has 4 atom stereocenters. The number of alkyl halides is 1. The molecule has 2 aromatic heterocycles. The van der Waals surface area contributed by atoms with Gasteiger partial charge in [-0.3, -0.25) is 9.78 Å². The second-order valence-electron chi connectivity index (χ2n) is 8.61. The van der Waals surface area contributed by atoms with Crippen LogP contribution in [0.25, 0.3) is 11.2 Å². The van der Waals surface area contributed by atoms with Crippen molar-refractivity contribution in [3.05, 3.63) is 84.4 Å². The van der Waals surface area contributed by atoms with E-state index in [2.05, 4.69) is 26.6 Å². The van der Waals surface area contributed by atoms with Gasteiger partial charge in [0.25, 0.3) is 0 Å². The number of anilines is 1. The molecule has 40 heavy (non-hydrogen) atoms. The zero-order chi connectivity index (χ0) is 27.4.